The first kappa shape index (κ1) is 6.89. The fraction of sp³-hybridized carbons (Fsp3) is 0.750. The van der Waals surface area contributed by atoms with Crippen molar-refractivity contribution in [3.05, 3.63) is 0 Å². The van der Waals surface area contributed by atoms with Crippen LogP contribution in [0.1, 0.15) is 6.42 Å². The van der Waals surface area contributed by atoms with Gasteiger partial charge in [-0.3, -0.25) is 9.18 Å². The van der Waals surface area contributed by atoms with Crippen molar-refractivity contribution in [2.24, 2.45) is 0 Å². The Hall–Kier alpha value is -0.110. The van der Waals surface area contributed by atoms with E-state index in [0.717, 1.165) is 0 Å². The van der Waals surface area contributed by atoms with Crippen LogP contribution in [0.3, 0.4) is 0 Å². The Morgan fingerprint density at radius 3 is 2.43 bits per heavy atom. The van der Waals surface area contributed by atoms with Crippen molar-refractivity contribution in [1.82, 2.24) is 0 Å². The molecule has 0 aliphatic rings. The van der Waals surface area contributed by atoms with Crippen LogP contribution >= 0.6 is 11.6 Å². The molecule has 0 aromatic rings. The molecule has 1 nitrogen and oxygen atoms in total. The van der Waals surface area contributed by atoms with Crippen LogP contribution in [0, 0.1) is 0 Å². The molecule has 0 aliphatic heterocycles. The summed E-state index contributed by atoms with van der Waals surface area (Å²) in [4.78, 5) is 10.0. The molecule has 0 atom stereocenters. The van der Waals surface area contributed by atoms with Crippen LogP contribution in [0.25, 0.3) is 0 Å². The van der Waals surface area contributed by atoms with Gasteiger partial charge in [0, 0.05) is 6.42 Å². The first-order valence-corrected chi connectivity index (χ1v) is 2.48. The summed E-state index contributed by atoms with van der Waals surface area (Å²) in [5.41, 5.74) is 0. The Balaban J connectivity index is 3.00. The number of rotatable bonds is 3. The molecule has 3 heteroatoms. The topological polar surface area (TPSA) is 17.1 Å². The predicted molar refractivity (Wildman–Crippen MR) is 26.3 cm³/mol. The first-order chi connectivity index (χ1) is 3.31. The molecule has 0 N–H and O–H groups in total. The highest BCUT2D eigenvalue weighted by Gasteiger charge is 1.95. The van der Waals surface area contributed by atoms with E-state index in [-0.39, 0.29) is 18.1 Å². The summed E-state index contributed by atoms with van der Waals surface area (Å²) >= 11 is 5.01. The lowest BCUT2D eigenvalue weighted by Gasteiger charge is -1.83. The van der Waals surface area contributed by atoms with Gasteiger partial charge in [-0.1, -0.05) is 0 Å². The second-order valence-electron chi connectivity index (χ2n) is 1.11. The van der Waals surface area contributed by atoms with E-state index in [1.54, 1.807) is 0 Å². The molecular weight excluding hydrogens is 118 g/mol. The van der Waals surface area contributed by atoms with Gasteiger partial charge in [0.05, 0.1) is 12.6 Å². The van der Waals surface area contributed by atoms with Gasteiger partial charge in [-0.2, -0.15) is 0 Å². The summed E-state index contributed by atoms with van der Waals surface area (Å²) in [6.07, 6.45) is -0.0382. The number of alkyl halides is 2. The Labute approximate surface area is 46.5 Å². The average molecular weight is 125 g/mol. The summed E-state index contributed by atoms with van der Waals surface area (Å²) in [6.45, 7) is -0.592. The van der Waals surface area contributed by atoms with E-state index in [1.165, 1.54) is 0 Å². The van der Waals surface area contributed by atoms with Gasteiger partial charge >= 0.3 is 0 Å². The molecule has 0 bridgehead atoms. The second kappa shape index (κ2) is 4.06. The number of Topliss-reactive ketones (excluding diaryl/α,β-unsaturated/α-hetero) is 1. The fourth-order valence-corrected chi connectivity index (χ4v) is 0.306. The summed E-state index contributed by atoms with van der Waals surface area (Å²) in [5.74, 6) is -0.298. The standard InChI is InChI=1S/C4H6ClFO/c5-3-4(7)1-2-6/h1-3H2. The molecule has 42 valence electrons. The van der Waals surface area contributed by atoms with Crippen molar-refractivity contribution in [3.63, 3.8) is 0 Å². The maximum absolute atomic E-state index is 11.2. The highest BCUT2D eigenvalue weighted by molar-refractivity contribution is 6.27. The van der Waals surface area contributed by atoms with E-state index in [0.29, 0.717) is 0 Å². The van der Waals surface area contributed by atoms with Crippen molar-refractivity contribution in [2.45, 2.75) is 6.42 Å². The molecular formula is C4H6ClFO. The van der Waals surface area contributed by atoms with Crippen LogP contribution in [0.15, 0.2) is 0 Å². The maximum Gasteiger partial charge on any atom is 0.150 e. The van der Waals surface area contributed by atoms with Crippen LogP contribution in [-0.2, 0) is 4.79 Å². The highest BCUT2D eigenvalue weighted by atomic mass is 35.5. The van der Waals surface area contributed by atoms with Crippen molar-refractivity contribution in [2.75, 3.05) is 12.6 Å². The minimum atomic E-state index is -0.592. The Morgan fingerprint density at radius 1 is 1.71 bits per heavy atom. The Morgan fingerprint density at radius 2 is 2.29 bits per heavy atom. The molecule has 0 aromatic heterocycles. The third kappa shape index (κ3) is 3.73. The summed E-state index contributed by atoms with van der Waals surface area (Å²) in [7, 11) is 0. The molecule has 0 aliphatic carbocycles. The minimum Gasteiger partial charge on any atom is -0.298 e. The SMILES string of the molecule is O=C(CCl)CCF. The zero-order chi connectivity index (χ0) is 5.70. The molecule has 7 heavy (non-hydrogen) atoms. The van der Waals surface area contributed by atoms with E-state index in [9.17, 15) is 9.18 Å². The number of halogens is 2. The van der Waals surface area contributed by atoms with Gasteiger partial charge in [-0.25, -0.2) is 0 Å². The molecule has 0 rings (SSSR count). The lowest BCUT2D eigenvalue weighted by Crippen LogP contribution is -1.98. The molecule has 0 saturated carbocycles. The number of hydrogen-bond acceptors (Lipinski definition) is 1. The summed E-state index contributed by atoms with van der Waals surface area (Å²) in [6, 6.07) is 0. The van der Waals surface area contributed by atoms with Gasteiger partial charge in [0.15, 0.2) is 0 Å². The van der Waals surface area contributed by atoms with Gasteiger partial charge in [0.1, 0.15) is 5.78 Å². The van der Waals surface area contributed by atoms with Crippen molar-refractivity contribution in [1.29, 1.82) is 0 Å². The van der Waals surface area contributed by atoms with Gasteiger partial charge in [-0.15, -0.1) is 11.6 Å². The number of hydrogen-bond donors (Lipinski definition) is 0. The molecule has 0 aromatic carbocycles. The lowest BCUT2D eigenvalue weighted by atomic mass is 10.3. The van der Waals surface area contributed by atoms with E-state index < -0.39 is 6.67 Å². The van der Waals surface area contributed by atoms with E-state index in [1.807, 2.05) is 0 Å². The van der Waals surface area contributed by atoms with Crippen LogP contribution in [0.2, 0.25) is 0 Å². The van der Waals surface area contributed by atoms with Crippen LogP contribution in [-0.4, -0.2) is 18.3 Å². The average Bonchev–Trinajstić information content (AvgIpc) is 1.68. The largest absolute Gasteiger partial charge is 0.298 e. The van der Waals surface area contributed by atoms with E-state index in [2.05, 4.69) is 0 Å². The van der Waals surface area contributed by atoms with E-state index >= 15 is 0 Å². The zero-order valence-electron chi connectivity index (χ0n) is 3.79. The fourth-order valence-electron chi connectivity index (χ4n) is 0.172. The van der Waals surface area contributed by atoms with Crippen LogP contribution < -0.4 is 0 Å². The number of ketones is 1. The minimum absolute atomic E-state index is 0.0382. The van der Waals surface area contributed by atoms with Gasteiger partial charge in [0.25, 0.3) is 0 Å². The van der Waals surface area contributed by atoms with Gasteiger partial charge in [0.2, 0.25) is 0 Å². The normalized spacial score (nSPS) is 8.86. The second-order valence-corrected chi connectivity index (χ2v) is 1.38. The molecule has 0 unspecified atom stereocenters. The van der Waals surface area contributed by atoms with Crippen molar-refractivity contribution >= 4 is 17.4 Å². The van der Waals surface area contributed by atoms with Gasteiger partial charge < -0.3 is 0 Å². The van der Waals surface area contributed by atoms with Crippen LogP contribution in [0.5, 0.6) is 0 Å². The molecule has 0 amide bonds. The van der Waals surface area contributed by atoms with Crippen molar-refractivity contribution in [3.8, 4) is 0 Å². The van der Waals surface area contributed by atoms with Crippen LogP contribution in [0.4, 0.5) is 4.39 Å². The monoisotopic (exact) mass is 124 g/mol. The number of carbonyl (C=O) groups is 1. The number of carbonyl (C=O) groups excluding carboxylic acids is 1. The van der Waals surface area contributed by atoms with Crippen molar-refractivity contribution < 1.29 is 9.18 Å². The zero-order valence-corrected chi connectivity index (χ0v) is 4.54. The molecule has 0 saturated heterocycles. The summed E-state index contributed by atoms with van der Waals surface area (Å²) < 4.78 is 11.2. The first-order valence-electron chi connectivity index (χ1n) is 1.95. The molecule has 0 spiro atoms. The quantitative estimate of drug-likeness (QED) is 0.516. The molecule has 0 heterocycles. The third-order valence-corrected chi connectivity index (χ3v) is 0.820. The highest BCUT2D eigenvalue weighted by Crippen LogP contribution is 1.85. The van der Waals surface area contributed by atoms with Gasteiger partial charge in [-0.05, 0) is 0 Å². The molecule has 0 fully saturated rings. The Kier molecular flexibility index (Phi) is 4.00. The third-order valence-electron chi connectivity index (χ3n) is 0.522. The predicted octanol–water partition coefficient (Wildman–Crippen LogP) is 1.15. The lowest BCUT2D eigenvalue weighted by molar-refractivity contribution is -0.116. The molecule has 0 radical (unpaired) electrons. The summed E-state index contributed by atoms with van der Waals surface area (Å²) in [5, 5.41) is 0. The Bertz CT molecular complexity index is 64.7. The van der Waals surface area contributed by atoms with E-state index in [4.69, 9.17) is 11.6 Å². The maximum atomic E-state index is 11.2. The smallest absolute Gasteiger partial charge is 0.150 e.